The molecule has 0 radical (unpaired) electrons. The fourth-order valence-electron chi connectivity index (χ4n) is 12.3. The Morgan fingerprint density at radius 1 is 0.326 bits per heavy atom. The van der Waals surface area contributed by atoms with Crippen molar-refractivity contribution in [3.63, 3.8) is 0 Å². The van der Waals surface area contributed by atoms with Gasteiger partial charge in [-0.05, 0) is 208 Å². The zero-order chi connectivity index (χ0) is 65.5. The van der Waals surface area contributed by atoms with Gasteiger partial charge in [-0.1, -0.05) is 269 Å². The van der Waals surface area contributed by atoms with Gasteiger partial charge in [0.15, 0.2) is 0 Å². The lowest BCUT2D eigenvalue weighted by molar-refractivity contribution is 0.421. The molecular weight excluding hydrogens is 1050 g/mol. The molecule has 5 heteroatoms. The number of aromatic hydroxyl groups is 5. The standard InChI is InChI=1S/2C18H30O.C17H24O.C16H26O.C12H18O/c2*1-8-9-10-13-11-14(17(2,3)4)16(19)15(12-13)18(5,6)7;1-12-10-15(13-6-2-3-7-13)17(18)16(11-12)14-8-4-5-9-14;1-8-11-9-12(15(2,3)4)14(17)13(10-11)16(5,6)7;1-4-5-6-11-8-9(2)7-10(3)12(11)13/h2*11-12,19H,8-10H2,1-7H3;10-11,13-14,18H,2-9H2,1H3;9-10,17H,8H2,1-7H3;7-8,13H,4-6H2,1-3H3. The van der Waals surface area contributed by atoms with E-state index in [0.717, 1.165) is 76.6 Å². The van der Waals surface area contributed by atoms with E-state index in [4.69, 9.17) is 0 Å². The minimum Gasteiger partial charge on any atom is -0.507 e. The molecule has 0 bridgehead atoms. The largest absolute Gasteiger partial charge is 0.507 e. The van der Waals surface area contributed by atoms with Crippen molar-refractivity contribution in [3.05, 3.63) is 144 Å². The number of hydrogen-bond acceptors (Lipinski definition) is 5. The van der Waals surface area contributed by atoms with E-state index in [-0.39, 0.29) is 32.5 Å². The first-order chi connectivity index (χ1) is 39.6. The van der Waals surface area contributed by atoms with E-state index in [1.807, 2.05) is 13.0 Å². The highest BCUT2D eigenvalue weighted by Crippen LogP contribution is 2.47. The summed E-state index contributed by atoms with van der Waals surface area (Å²) in [5.41, 5.74) is 17.5. The van der Waals surface area contributed by atoms with Crippen LogP contribution >= 0.6 is 0 Å². The molecule has 2 aliphatic rings. The predicted octanol–water partition coefficient (Wildman–Crippen LogP) is 23.6. The lowest BCUT2D eigenvalue weighted by Crippen LogP contribution is -2.18. The minimum absolute atomic E-state index is 0.0186. The fraction of sp³-hybridized carbons (Fsp3) is 0.630. The van der Waals surface area contributed by atoms with Gasteiger partial charge in [0.2, 0.25) is 0 Å². The van der Waals surface area contributed by atoms with E-state index < -0.39 is 0 Å². The van der Waals surface area contributed by atoms with Crippen LogP contribution in [-0.4, -0.2) is 25.5 Å². The average molecular weight is 1180 g/mol. The van der Waals surface area contributed by atoms with Crippen molar-refractivity contribution in [1.82, 2.24) is 0 Å². The molecular formula is C81H128O5. The van der Waals surface area contributed by atoms with Crippen LogP contribution in [0.4, 0.5) is 0 Å². The SMILES string of the molecule is CCCCc1cc(C(C)(C)C)c(O)c(C(C)(C)C)c1.CCCCc1cc(C(C)(C)C)c(O)c(C(C)(C)C)c1.CCCCc1cc(C)cc(C)c1O.CCc1cc(C(C)(C)C)c(O)c(C(C)(C)C)c1.Cc1cc(C2CCCC2)c(O)c(C2CCCC2)c1. The smallest absolute Gasteiger partial charge is 0.123 e. The van der Waals surface area contributed by atoms with E-state index in [0.29, 0.717) is 40.6 Å². The lowest BCUT2D eigenvalue weighted by Gasteiger charge is -2.28. The van der Waals surface area contributed by atoms with Crippen LogP contribution in [0.5, 0.6) is 28.7 Å². The van der Waals surface area contributed by atoms with Crippen LogP contribution in [0.2, 0.25) is 0 Å². The van der Waals surface area contributed by atoms with Gasteiger partial charge in [-0.25, -0.2) is 0 Å². The summed E-state index contributed by atoms with van der Waals surface area (Å²) in [6, 6.07) is 21.6. The molecule has 0 spiro atoms. The van der Waals surface area contributed by atoms with Crippen LogP contribution in [0, 0.1) is 20.8 Å². The first kappa shape index (κ1) is 75.4. The Labute approximate surface area is 528 Å². The number of aryl methyl sites for hydroxylation is 7. The summed E-state index contributed by atoms with van der Waals surface area (Å²) < 4.78 is 0. The van der Waals surface area contributed by atoms with Gasteiger partial charge in [0, 0.05) is 0 Å². The Kier molecular flexibility index (Phi) is 28.1. The Morgan fingerprint density at radius 3 is 0.860 bits per heavy atom. The van der Waals surface area contributed by atoms with Gasteiger partial charge in [0.1, 0.15) is 28.7 Å². The summed E-state index contributed by atoms with van der Waals surface area (Å²) in [5, 5.41) is 52.1. The van der Waals surface area contributed by atoms with Gasteiger partial charge >= 0.3 is 0 Å². The molecule has 2 aliphatic carbocycles. The van der Waals surface area contributed by atoms with E-state index in [9.17, 15) is 25.5 Å². The molecule has 0 unspecified atom stereocenters. The third-order valence-corrected chi connectivity index (χ3v) is 17.6. The van der Waals surface area contributed by atoms with E-state index in [1.54, 1.807) is 0 Å². The van der Waals surface area contributed by atoms with Crippen molar-refractivity contribution in [2.24, 2.45) is 0 Å². The van der Waals surface area contributed by atoms with Gasteiger partial charge in [-0.2, -0.15) is 0 Å². The van der Waals surface area contributed by atoms with Gasteiger partial charge in [-0.15, -0.1) is 0 Å². The Balaban J connectivity index is 0.000000283. The molecule has 2 saturated carbocycles. The summed E-state index contributed by atoms with van der Waals surface area (Å²) in [6.45, 7) is 53.8. The van der Waals surface area contributed by atoms with Crippen LogP contribution in [0.3, 0.4) is 0 Å². The van der Waals surface area contributed by atoms with Crippen LogP contribution < -0.4 is 0 Å². The first-order valence-electron chi connectivity index (χ1n) is 33.8. The topological polar surface area (TPSA) is 101 Å². The van der Waals surface area contributed by atoms with Crippen molar-refractivity contribution in [2.45, 2.75) is 333 Å². The van der Waals surface area contributed by atoms with E-state index in [1.165, 1.54) is 122 Å². The maximum atomic E-state index is 10.6. The average Bonchev–Trinajstić information content (AvgIpc) is 1.31. The third-order valence-electron chi connectivity index (χ3n) is 17.6. The molecule has 0 saturated heterocycles. The number of rotatable bonds is 12. The van der Waals surface area contributed by atoms with Gasteiger partial charge in [-0.3, -0.25) is 0 Å². The van der Waals surface area contributed by atoms with Crippen molar-refractivity contribution < 1.29 is 25.5 Å². The summed E-state index contributed by atoms with van der Waals surface area (Å²) in [6.07, 6.45) is 21.7. The van der Waals surface area contributed by atoms with Gasteiger partial charge in [0.05, 0.1) is 0 Å². The Bertz CT molecular complexity index is 2670. The number of benzene rings is 5. The second-order valence-corrected chi connectivity index (χ2v) is 32.1. The summed E-state index contributed by atoms with van der Waals surface area (Å²) in [5.74, 6) is 3.80. The summed E-state index contributed by atoms with van der Waals surface area (Å²) in [7, 11) is 0. The van der Waals surface area contributed by atoms with Crippen LogP contribution in [-0.2, 0) is 58.2 Å². The molecule has 0 aromatic heterocycles. The number of phenolic OH excluding ortho intramolecular Hbond substituents is 5. The van der Waals surface area contributed by atoms with Crippen molar-refractivity contribution in [1.29, 1.82) is 0 Å². The Morgan fingerprint density at radius 2 is 0.593 bits per heavy atom. The predicted molar refractivity (Wildman–Crippen MR) is 375 cm³/mol. The molecule has 5 nitrogen and oxygen atoms in total. The maximum absolute atomic E-state index is 10.6. The van der Waals surface area contributed by atoms with Gasteiger partial charge < -0.3 is 25.5 Å². The van der Waals surface area contributed by atoms with Gasteiger partial charge in [0.25, 0.3) is 0 Å². The molecule has 86 heavy (non-hydrogen) atoms. The quantitative estimate of drug-likeness (QED) is 0.0857. The Hall–Kier alpha value is -4.90. The van der Waals surface area contributed by atoms with Crippen LogP contribution in [0.15, 0.2) is 60.7 Å². The highest BCUT2D eigenvalue weighted by molar-refractivity contribution is 5.53. The number of phenols is 5. The second kappa shape index (κ2) is 32.0. The zero-order valence-electron chi connectivity index (χ0n) is 59.9. The van der Waals surface area contributed by atoms with Crippen molar-refractivity contribution in [2.75, 3.05) is 0 Å². The highest BCUT2D eigenvalue weighted by Gasteiger charge is 2.30. The molecule has 5 aromatic carbocycles. The molecule has 5 aromatic rings. The number of unbranched alkanes of at least 4 members (excludes halogenated alkanes) is 3. The molecule has 5 N–H and O–H groups in total. The fourth-order valence-corrected chi connectivity index (χ4v) is 12.3. The third kappa shape index (κ3) is 22.3. The molecule has 482 valence electrons. The lowest BCUT2D eigenvalue weighted by atomic mass is 9.78. The summed E-state index contributed by atoms with van der Waals surface area (Å²) in [4.78, 5) is 0. The molecule has 0 heterocycles. The normalized spacial score (nSPS) is 14.3. The zero-order valence-corrected chi connectivity index (χ0v) is 59.9. The molecule has 0 aliphatic heterocycles. The number of hydrogen-bond donors (Lipinski definition) is 5. The summed E-state index contributed by atoms with van der Waals surface area (Å²) >= 11 is 0. The molecule has 0 atom stereocenters. The van der Waals surface area contributed by atoms with E-state index in [2.05, 4.69) is 221 Å². The van der Waals surface area contributed by atoms with Crippen LogP contribution in [0.25, 0.3) is 0 Å². The van der Waals surface area contributed by atoms with E-state index >= 15 is 0 Å². The van der Waals surface area contributed by atoms with Crippen LogP contribution in [0.1, 0.15) is 338 Å². The highest BCUT2D eigenvalue weighted by atomic mass is 16.3. The van der Waals surface area contributed by atoms with Crippen molar-refractivity contribution >= 4 is 0 Å². The molecule has 2 fully saturated rings. The molecule has 7 rings (SSSR count). The minimum atomic E-state index is -0.0215. The molecule has 0 amide bonds. The van der Waals surface area contributed by atoms with Crippen molar-refractivity contribution in [3.8, 4) is 28.7 Å². The second-order valence-electron chi connectivity index (χ2n) is 32.1. The maximum Gasteiger partial charge on any atom is 0.123 e. The first-order valence-corrected chi connectivity index (χ1v) is 33.8. The monoisotopic (exact) mass is 1180 g/mol.